The quantitative estimate of drug-likeness (QED) is 0.352. The molecule has 0 spiro atoms. The van der Waals surface area contributed by atoms with Crippen LogP contribution in [0.25, 0.3) is 0 Å². The van der Waals surface area contributed by atoms with Crippen LogP contribution in [0.3, 0.4) is 0 Å². The molecule has 4 saturated carbocycles. The molecule has 4 fully saturated rings. The number of hydrogen-bond acceptors (Lipinski definition) is 6. The van der Waals surface area contributed by atoms with Crippen molar-refractivity contribution in [3.8, 4) is 0 Å². The van der Waals surface area contributed by atoms with Crippen molar-refractivity contribution in [2.75, 3.05) is 13.2 Å². The van der Waals surface area contributed by atoms with Crippen molar-refractivity contribution >= 4 is 12.2 Å². The van der Waals surface area contributed by atoms with Gasteiger partial charge in [-0.2, -0.15) is 0 Å². The number of aliphatic imine (C=N–C) groups is 1. The molecule has 5 rings (SSSR count). The fraction of sp³-hybridized carbons (Fsp3) is 0.769. The average Bonchev–Trinajstić information content (AvgIpc) is 3.28. The van der Waals surface area contributed by atoms with Gasteiger partial charge in [-0.15, -0.1) is 6.58 Å². The molecule has 0 bridgehead atoms. The van der Waals surface area contributed by atoms with Crippen molar-refractivity contribution in [1.29, 1.82) is 0 Å². The summed E-state index contributed by atoms with van der Waals surface area (Å²) in [6, 6.07) is 0. The largest absolute Gasteiger partial charge is 0.458 e. The second-order valence-electron chi connectivity index (χ2n) is 11.3. The van der Waals surface area contributed by atoms with E-state index < -0.39 is 22.7 Å². The first kappa shape index (κ1) is 22.3. The van der Waals surface area contributed by atoms with Gasteiger partial charge in [0.15, 0.2) is 0 Å². The second-order valence-corrected chi connectivity index (χ2v) is 11.3. The van der Waals surface area contributed by atoms with Gasteiger partial charge in [-0.3, -0.25) is 4.99 Å². The number of ether oxygens (including phenoxy) is 1. The number of fused-ring (bicyclic) bond motifs is 5. The Morgan fingerprint density at radius 2 is 1.94 bits per heavy atom. The van der Waals surface area contributed by atoms with Gasteiger partial charge in [0.1, 0.15) is 6.61 Å². The number of carbonyl (C=O) groups is 1. The summed E-state index contributed by atoms with van der Waals surface area (Å²) in [5.41, 5.74) is -1.64. The van der Waals surface area contributed by atoms with Crippen LogP contribution in [0, 0.1) is 28.6 Å². The molecule has 3 N–H and O–H groups in total. The van der Waals surface area contributed by atoms with Gasteiger partial charge in [0.05, 0.1) is 23.9 Å². The Kier molecular flexibility index (Phi) is 5.23. The average molecular weight is 444 g/mol. The zero-order chi connectivity index (χ0) is 22.8. The maximum Gasteiger partial charge on any atom is 0.331 e. The predicted octanol–water partition coefficient (Wildman–Crippen LogP) is 2.96. The van der Waals surface area contributed by atoms with Crippen LogP contribution in [0.1, 0.15) is 64.7 Å². The Balaban J connectivity index is 1.53. The van der Waals surface area contributed by atoms with Gasteiger partial charge < -0.3 is 20.1 Å². The van der Waals surface area contributed by atoms with Crippen molar-refractivity contribution in [1.82, 2.24) is 0 Å². The summed E-state index contributed by atoms with van der Waals surface area (Å²) in [6.45, 7) is 6.83. The standard InChI is InChI=1S/C26H37NO5/c1-3-12-27-16-24-9-4-18(28)14-25(24,30)10-6-21-20(24)5-8-23(2)19(7-11-26(21,23)31)17-13-22(29)32-15-17/h3,13,16,18-21,28,30-31H,1,4-12,14-15H2,2H3/t18-,19+,20-,21+,23+,24-,25-,26-/m0/s1. The zero-order valence-corrected chi connectivity index (χ0v) is 19.1. The molecular formula is C26H37NO5. The van der Waals surface area contributed by atoms with Gasteiger partial charge in [-0.1, -0.05) is 13.0 Å². The van der Waals surface area contributed by atoms with E-state index in [-0.39, 0.29) is 29.1 Å². The van der Waals surface area contributed by atoms with E-state index >= 15 is 0 Å². The van der Waals surface area contributed by atoms with Gasteiger partial charge in [0.2, 0.25) is 0 Å². The summed E-state index contributed by atoms with van der Waals surface area (Å²) in [5, 5.41) is 34.6. The van der Waals surface area contributed by atoms with Crippen LogP contribution in [0.4, 0.5) is 0 Å². The fourth-order valence-corrected chi connectivity index (χ4v) is 8.65. The third-order valence-corrected chi connectivity index (χ3v) is 10.2. The third kappa shape index (κ3) is 2.88. The molecule has 6 heteroatoms. The molecular weight excluding hydrogens is 406 g/mol. The molecule has 0 radical (unpaired) electrons. The van der Waals surface area contributed by atoms with Crippen molar-refractivity contribution < 1.29 is 24.9 Å². The van der Waals surface area contributed by atoms with Gasteiger partial charge >= 0.3 is 5.97 Å². The van der Waals surface area contributed by atoms with Gasteiger partial charge in [0.25, 0.3) is 0 Å². The van der Waals surface area contributed by atoms with Crippen molar-refractivity contribution in [3.63, 3.8) is 0 Å². The van der Waals surface area contributed by atoms with Crippen LogP contribution in [-0.2, 0) is 9.53 Å². The molecule has 6 nitrogen and oxygen atoms in total. The smallest absolute Gasteiger partial charge is 0.331 e. The highest BCUT2D eigenvalue weighted by Gasteiger charge is 2.71. The minimum absolute atomic E-state index is 0.0653. The van der Waals surface area contributed by atoms with Crippen molar-refractivity contribution in [2.24, 2.45) is 33.6 Å². The number of aliphatic hydroxyl groups is 3. The highest BCUT2D eigenvalue weighted by atomic mass is 16.5. The van der Waals surface area contributed by atoms with Crippen molar-refractivity contribution in [3.05, 3.63) is 24.3 Å². The van der Waals surface area contributed by atoms with E-state index in [1.165, 1.54) is 0 Å². The SMILES string of the molecule is C=CCN=C[C@]12CC[C@H](O)C[C@@]1(O)CC[C@@H]1[C@@H]2CC[C@]2(C)[C@@H](C3=CC(=O)OC3)CC[C@]12O. The highest BCUT2D eigenvalue weighted by Crippen LogP contribution is 2.70. The van der Waals surface area contributed by atoms with Crippen LogP contribution in [-0.4, -0.2) is 58.0 Å². The molecule has 1 aliphatic heterocycles. The molecule has 176 valence electrons. The molecule has 5 aliphatic rings. The molecule has 0 saturated heterocycles. The van der Waals surface area contributed by atoms with E-state index in [0.717, 1.165) is 31.3 Å². The normalized spacial score (nSPS) is 50.4. The first-order valence-electron chi connectivity index (χ1n) is 12.3. The minimum atomic E-state index is -0.993. The predicted molar refractivity (Wildman–Crippen MR) is 121 cm³/mol. The number of rotatable bonds is 4. The van der Waals surface area contributed by atoms with E-state index in [9.17, 15) is 20.1 Å². The highest BCUT2D eigenvalue weighted by molar-refractivity contribution is 5.85. The molecule has 1 heterocycles. The van der Waals surface area contributed by atoms with E-state index in [4.69, 9.17) is 4.74 Å². The van der Waals surface area contributed by atoms with Gasteiger partial charge in [-0.25, -0.2) is 4.79 Å². The number of aliphatic hydroxyl groups excluding tert-OH is 1. The summed E-state index contributed by atoms with van der Waals surface area (Å²) in [4.78, 5) is 16.4. The number of nitrogens with zero attached hydrogens (tertiary/aromatic N) is 1. The topological polar surface area (TPSA) is 99.4 Å². The van der Waals surface area contributed by atoms with Crippen LogP contribution in [0.2, 0.25) is 0 Å². The summed E-state index contributed by atoms with van der Waals surface area (Å²) < 4.78 is 5.21. The van der Waals surface area contributed by atoms with Crippen LogP contribution < -0.4 is 0 Å². The lowest BCUT2D eigenvalue weighted by atomic mass is 9.41. The van der Waals surface area contributed by atoms with Crippen LogP contribution in [0.15, 0.2) is 29.3 Å². The van der Waals surface area contributed by atoms with Crippen LogP contribution in [0.5, 0.6) is 0 Å². The van der Waals surface area contributed by atoms with Gasteiger partial charge in [-0.05, 0) is 74.7 Å². The van der Waals surface area contributed by atoms with E-state index in [0.29, 0.717) is 45.3 Å². The van der Waals surface area contributed by atoms with E-state index in [2.05, 4.69) is 18.5 Å². The third-order valence-electron chi connectivity index (χ3n) is 10.2. The Morgan fingerprint density at radius 3 is 2.66 bits per heavy atom. The van der Waals surface area contributed by atoms with Gasteiger partial charge in [0, 0.05) is 29.5 Å². The summed E-state index contributed by atoms with van der Waals surface area (Å²) in [6.07, 6.45) is 11.2. The lowest BCUT2D eigenvalue weighted by Gasteiger charge is -2.65. The molecule has 8 atom stereocenters. The maximum atomic E-state index is 12.3. The lowest BCUT2D eigenvalue weighted by molar-refractivity contribution is -0.237. The Bertz CT molecular complexity index is 868. The molecule has 0 aromatic rings. The Labute approximate surface area is 190 Å². The number of hydrogen-bond donors (Lipinski definition) is 3. The number of carbonyl (C=O) groups excluding carboxylic acids is 1. The molecule has 0 aromatic heterocycles. The van der Waals surface area contributed by atoms with Crippen LogP contribution >= 0.6 is 0 Å². The first-order chi connectivity index (χ1) is 15.2. The lowest BCUT2D eigenvalue weighted by Crippen LogP contribution is -2.68. The summed E-state index contributed by atoms with van der Waals surface area (Å²) in [5.74, 6) is 0.0676. The summed E-state index contributed by atoms with van der Waals surface area (Å²) >= 11 is 0. The molecule has 0 amide bonds. The first-order valence-corrected chi connectivity index (χ1v) is 12.3. The molecule has 0 aromatic carbocycles. The monoisotopic (exact) mass is 443 g/mol. The van der Waals surface area contributed by atoms with Crippen molar-refractivity contribution in [2.45, 2.75) is 82.0 Å². The second kappa shape index (κ2) is 7.51. The van der Waals surface area contributed by atoms with E-state index in [1.54, 1.807) is 12.2 Å². The Hall–Kier alpha value is -1.50. The zero-order valence-electron chi connectivity index (χ0n) is 19.1. The minimum Gasteiger partial charge on any atom is -0.458 e. The fourth-order valence-electron chi connectivity index (χ4n) is 8.65. The van der Waals surface area contributed by atoms with E-state index in [1.807, 2.05) is 6.21 Å². The molecule has 32 heavy (non-hydrogen) atoms. The molecule has 4 aliphatic carbocycles. The Morgan fingerprint density at radius 1 is 1.16 bits per heavy atom. The number of cyclic esters (lactones) is 1. The number of esters is 1. The molecule has 0 unspecified atom stereocenters. The maximum absolute atomic E-state index is 12.3. The summed E-state index contributed by atoms with van der Waals surface area (Å²) in [7, 11) is 0.